The van der Waals surface area contributed by atoms with Crippen LogP contribution in [0.5, 0.6) is 0 Å². The minimum absolute atomic E-state index is 0.0531. The summed E-state index contributed by atoms with van der Waals surface area (Å²) >= 11 is 0. The molecule has 1 rings (SSSR count). The minimum Gasteiger partial charge on any atom is -0.444 e. The molecule has 0 unspecified atom stereocenters. The number of carbonyl (C=O) groups is 2. The van der Waals surface area contributed by atoms with Crippen LogP contribution >= 0.6 is 0 Å². The Balaban J connectivity index is 2.28. The molecule has 25 heavy (non-hydrogen) atoms. The summed E-state index contributed by atoms with van der Waals surface area (Å²) in [4.78, 5) is 23.4. The van der Waals surface area contributed by atoms with Gasteiger partial charge < -0.3 is 15.4 Å². The summed E-state index contributed by atoms with van der Waals surface area (Å²) in [6.07, 6.45) is 0.731. The Hall–Kier alpha value is -1.39. The molecule has 0 aromatic carbocycles. The smallest absolute Gasteiger partial charge is 0.407 e. The number of nitrogens with zero attached hydrogens (tertiary/aromatic N) is 2. The summed E-state index contributed by atoms with van der Waals surface area (Å²) in [5.41, 5.74) is -0.576. The Morgan fingerprint density at radius 3 is 2.24 bits per heavy atom. The Kier molecular flexibility index (Phi) is 7.63. The van der Waals surface area contributed by atoms with Crippen LogP contribution < -0.4 is 10.6 Å². The number of amides is 2. The fourth-order valence-corrected chi connectivity index (χ4v) is 3.49. The monoisotopic (exact) mass is 378 g/mol. The fourth-order valence-electron chi connectivity index (χ4n) is 2.35. The van der Waals surface area contributed by atoms with Crippen molar-refractivity contribution in [1.29, 1.82) is 0 Å². The average Bonchev–Trinajstić information content (AvgIpc) is 2.45. The predicted molar refractivity (Wildman–Crippen MR) is 94.2 cm³/mol. The van der Waals surface area contributed by atoms with Crippen LogP contribution in [0.2, 0.25) is 0 Å². The minimum atomic E-state index is -3.40. The van der Waals surface area contributed by atoms with E-state index in [-0.39, 0.29) is 24.9 Å². The third-order valence-corrected chi connectivity index (χ3v) is 5.57. The normalized spacial score (nSPS) is 17.4. The lowest BCUT2D eigenvalue weighted by Gasteiger charge is -2.33. The number of hydrogen-bond donors (Lipinski definition) is 2. The molecule has 1 aliphatic rings. The molecule has 0 aromatic rings. The molecule has 0 aromatic heterocycles. The van der Waals surface area contributed by atoms with Crippen LogP contribution in [-0.4, -0.2) is 74.4 Å². The van der Waals surface area contributed by atoms with Crippen LogP contribution in [0.3, 0.4) is 0 Å². The summed E-state index contributed by atoms with van der Waals surface area (Å²) in [5.74, 6) is -0.176. The number of alkyl carbamates (subject to hydrolysis) is 1. The standard InChI is InChI=1S/C15H30N4O5S/c1-15(2,3)24-14(21)16-9-6-13(20)17-12-7-10-19(11-8-12)25(22,23)18(4)5/h12H,6-11H2,1-5H3,(H,16,21)(H,17,20). The van der Waals surface area contributed by atoms with Crippen molar-refractivity contribution >= 4 is 22.2 Å². The lowest BCUT2D eigenvalue weighted by molar-refractivity contribution is -0.121. The maximum atomic E-state index is 12.0. The van der Waals surface area contributed by atoms with E-state index < -0.39 is 21.9 Å². The number of ether oxygens (including phenoxy) is 1. The highest BCUT2D eigenvalue weighted by molar-refractivity contribution is 7.86. The van der Waals surface area contributed by atoms with Crippen molar-refractivity contribution in [3.05, 3.63) is 0 Å². The zero-order chi connectivity index (χ0) is 19.3. The van der Waals surface area contributed by atoms with Crippen LogP contribution in [0.15, 0.2) is 0 Å². The van der Waals surface area contributed by atoms with Gasteiger partial charge in [-0.2, -0.15) is 17.0 Å². The molecular formula is C15H30N4O5S. The highest BCUT2D eigenvalue weighted by atomic mass is 32.2. The van der Waals surface area contributed by atoms with Crippen LogP contribution in [0.4, 0.5) is 4.79 Å². The van der Waals surface area contributed by atoms with Gasteiger partial charge in [0.25, 0.3) is 10.2 Å². The fraction of sp³-hybridized carbons (Fsp3) is 0.867. The molecule has 1 aliphatic heterocycles. The van der Waals surface area contributed by atoms with E-state index in [1.807, 2.05) is 0 Å². The van der Waals surface area contributed by atoms with Crippen molar-refractivity contribution in [3.8, 4) is 0 Å². The predicted octanol–water partition coefficient (Wildman–Crippen LogP) is 0.288. The first kappa shape index (κ1) is 21.7. The van der Waals surface area contributed by atoms with Gasteiger partial charge in [0.15, 0.2) is 0 Å². The van der Waals surface area contributed by atoms with Gasteiger partial charge in [0, 0.05) is 46.2 Å². The van der Waals surface area contributed by atoms with E-state index in [9.17, 15) is 18.0 Å². The molecule has 0 radical (unpaired) electrons. The second kappa shape index (κ2) is 8.81. The van der Waals surface area contributed by atoms with Gasteiger partial charge in [-0.05, 0) is 33.6 Å². The van der Waals surface area contributed by atoms with Gasteiger partial charge in [0.05, 0.1) is 0 Å². The van der Waals surface area contributed by atoms with E-state index >= 15 is 0 Å². The van der Waals surface area contributed by atoms with Crippen molar-refractivity contribution in [2.75, 3.05) is 33.7 Å². The van der Waals surface area contributed by atoms with Crippen LogP contribution in [-0.2, 0) is 19.7 Å². The summed E-state index contributed by atoms with van der Waals surface area (Å²) < 4.78 is 31.8. The molecule has 0 bridgehead atoms. The summed E-state index contributed by atoms with van der Waals surface area (Å²) in [6, 6.07) is -0.0531. The molecule has 0 spiro atoms. The van der Waals surface area contributed by atoms with Crippen LogP contribution in [0.1, 0.15) is 40.0 Å². The van der Waals surface area contributed by atoms with Crippen molar-refractivity contribution in [3.63, 3.8) is 0 Å². The van der Waals surface area contributed by atoms with Crippen molar-refractivity contribution < 1.29 is 22.7 Å². The maximum Gasteiger partial charge on any atom is 0.407 e. The van der Waals surface area contributed by atoms with E-state index in [2.05, 4.69) is 10.6 Å². The molecule has 0 aliphatic carbocycles. The molecule has 0 atom stereocenters. The van der Waals surface area contributed by atoms with Gasteiger partial charge in [-0.15, -0.1) is 0 Å². The van der Waals surface area contributed by atoms with Gasteiger partial charge in [-0.1, -0.05) is 0 Å². The van der Waals surface area contributed by atoms with Gasteiger partial charge in [0.2, 0.25) is 5.91 Å². The Morgan fingerprint density at radius 2 is 1.76 bits per heavy atom. The van der Waals surface area contributed by atoms with Crippen molar-refractivity contribution in [2.24, 2.45) is 0 Å². The Labute approximate surface area is 150 Å². The second-order valence-electron chi connectivity index (χ2n) is 7.21. The van der Waals surface area contributed by atoms with E-state index in [0.29, 0.717) is 25.9 Å². The SMILES string of the molecule is CN(C)S(=O)(=O)N1CCC(NC(=O)CCNC(=O)OC(C)(C)C)CC1. The largest absolute Gasteiger partial charge is 0.444 e. The van der Waals surface area contributed by atoms with Gasteiger partial charge >= 0.3 is 6.09 Å². The molecule has 2 N–H and O–H groups in total. The average molecular weight is 378 g/mol. The zero-order valence-corrected chi connectivity index (χ0v) is 16.5. The molecule has 1 heterocycles. The Morgan fingerprint density at radius 1 is 1.20 bits per heavy atom. The quantitative estimate of drug-likeness (QED) is 0.691. The first-order chi connectivity index (χ1) is 11.4. The van der Waals surface area contributed by atoms with Gasteiger partial charge in [0.1, 0.15) is 5.60 Å². The molecule has 10 heteroatoms. The van der Waals surface area contributed by atoms with Crippen molar-refractivity contribution in [2.45, 2.75) is 51.7 Å². The number of nitrogens with one attached hydrogen (secondary N) is 2. The first-order valence-electron chi connectivity index (χ1n) is 8.35. The van der Waals surface area contributed by atoms with Crippen LogP contribution in [0, 0.1) is 0 Å². The van der Waals surface area contributed by atoms with Gasteiger partial charge in [-0.3, -0.25) is 4.79 Å². The summed E-state index contributed by atoms with van der Waals surface area (Å²) in [7, 11) is -0.396. The maximum absolute atomic E-state index is 12.0. The van der Waals surface area contributed by atoms with Crippen LogP contribution in [0.25, 0.3) is 0 Å². The van der Waals surface area contributed by atoms with Gasteiger partial charge in [-0.25, -0.2) is 4.79 Å². The molecule has 1 fully saturated rings. The Bertz CT molecular complexity index is 563. The van der Waals surface area contributed by atoms with E-state index in [1.54, 1.807) is 20.8 Å². The lowest BCUT2D eigenvalue weighted by atomic mass is 10.1. The lowest BCUT2D eigenvalue weighted by Crippen LogP contribution is -2.49. The topological polar surface area (TPSA) is 108 Å². The highest BCUT2D eigenvalue weighted by Crippen LogP contribution is 2.15. The second-order valence-corrected chi connectivity index (χ2v) is 9.35. The van der Waals surface area contributed by atoms with E-state index in [1.165, 1.54) is 22.7 Å². The molecule has 2 amide bonds. The van der Waals surface area contributed by atoms with E-state index in [4.69, 9.17) is 4.74 Å². The summed E-state index contributed by atoms with van der Waals surface area (Å²) in [6.45, 7) is 6.24. The molecule has 1 saturated heterocycles. The molecule has 0 saturated carbocycles. The number of piperidine rings is 1. The third-order valence-electron chi connectivity index (χ3n) is 3.63. The third kappa shape index (κ3) is 7.57. The zero-order valence-electron chi connectivity index (χ0n) is 15.7. The highest BCUT2D eigenvalue weighted by Gasteiger charge is 2.29. The molecule has 9 nitrogen and oxygen atoms in total. The number of hydrogen-bond acceptors (Lipinski definition) is 5. The number of carbonyl (C=O) groups excluding carboxylic acids is 2. The van der Waals surface area contributed by atoms with E-state index in [0.717, 1.165) is 0 Å². The van der Waals surface area contributed by atoms with Crippen molar-refractivity contribution in [1.82, 2.24) is 19.2 Å². The summed E-state index contributed by atoms with van der Waals surface area (Å²) in [5, 5.41) is 5.41. The first-order valence-corrected chi connectivity index (χ1v) is 9.75. The number of rotatable bonds is 6. The molecule has 146 valence electrons. The molecular weight excluding hydrogens is 348 g/mol.